The summed E-state index contributed by atoms with van der Waals surface area (Å²) in [7, 11) is 0. The fourth-order valence-corrected chi connectivity index (χ4v) is 1.92. The van der Waals surface area contributed by atoms with Crippen molar-refractivity contribution in [3.63, 3.8) is 0 Å². The second-order valence-corrected chi connectivity index (χ2v) is 4.19. The Morgan fingerprint density at radius 1 is 1.31 bits per heavy atom. The highest BCUT2D eigenvalue weighted by atomic mass is 16.4. The van der Waals surface area contributed by atoms with Crippen molar-refractivity contribution in [3.8, 4) is 0 Å². The molecule has 0 aromatic rings. The molecule has 2 N–H and O–H groups in total. The van der Waals surface area contributed by atoms with Gasteiger partial charge in [-0.25, -0.2) is 0 Å². The Morgan fingerprint density at radius 3 is 2.54 bits per heavy atom. The van der Waals surface area contributed by atoms with Crippen molar-refractivity contribution in [3.05, 3.63) is 0 Å². The molecule has 2 atom stereocenters. The van der Waals surface area contributed by atoms with Gasteiger partial charge in [0, 0.05) is 0 Å². The van der Waals surface area contributed by atoms with E-state index in [1.165, 1.54) is 0 Å². The number of aliphatic hydroxyl groups is 1. The van der Waals surface area contributed by atoms with E-state index in [0.717, 1.165) is 25.7 Å². The van der Waals surface area contributed by atoms with Crippen LogP contribution in [0.15, 0.2) is 0 Å². The van der Waals surface area contributed by atoms with Gasteiger partial charge in [0.2, 0.25) is 0 Å². The third-order valence-corrected chi connectivity index (χ3v) is 3.15. The van der Waals surface area contributed by atoms with Crippen molar-refractivity contribution in [2.24, 2.45) is 5.41 Å². The molecule has 0 radical (unpaired) electrons. The molecule has 3 heteroatoms. The van der Waals surface area contributed by atoms with Crippen LogP contribution >= 0.6 is 0 Å². The lowest BCUT2D eigenvalue weighted by molar-refractivity contribution is -0.156. The number of hydrogen-bond donors (Lipinski definition) is 2. The van der Waals surface area contributed by atoms with E-state index in [4.69, 9.17) is 5.11 Å². The zero-order chi connectivity index (χ0) is 9.90. The minimum absolute atomic E-state index is 0.601. The lowest BCUT2D eigenvalue weighted by Gasteiger charge is -2.32. The van der Waals surface area contributed by atoms with E-state index in [0.29, 0.717) is 12.8 Å². The first kappa shape index (κ1) is 10.5. The van der Waals surface area contributed by atoms with Crippen molar-refractivity contribution in [1.29, 1.82) is 0 Å². The fraction of sp³-hybridized carbons (Fsp3) is 0.900. The molecule has 1 saturated carbocycles. The van der Waals surface area contributed by atoms with Crippen LogP contribution < -0.4 is 0 Å². The predicted octanol–water partition coefficient (Wildman–Crippen LogP) is 1.79. The third-order valence-electron chi connectivity index (χ3n) is 3.15. The second kappa shape index (κ2) is 4.09. The summed E-state index contributed by atoms with van der Waals surface area (Å²) in [4.78, 5) is 11.0. The summed E-state index contributed by atoms with van der Waals surface area (Å²) < 4.78 is 0. The van der Waals surface area contributed by atoms with E-state index in [1.54, 1.807) is 6.92 Å². The largest absolute Gasteiger partial charge is 0.481 e. The number of aliphatic hydroxyl groups excluding tert-OH is 1. The average molecular weight is 186 g/mol. The highest BCUT2D eigenvalue weighted by Crippen LogP contribution is 2.34. The topological polar surface area (TPSA) is 57.5 Å². The summed E-state index contributed by atoms with van der Waals surface area (Å²) in [6, 6.07) is 0. The monoisotopic (exact) mass is 186 g/mol. The molecule has 0 unspecified atom stereocenters. The molecule has 13 heavy (non-hydrogen) atoms. The van der Waals surface area contributed by atoms with Gasteiger partial charge >= 0.3 is 5.97 Å². The number of carboxylic acid groups (broad SMARTS) is 1. The van der Waals surface area contributed by atoms with Crippen LogP contribution in [-0.2, 0) is 4.79 Å². The Morgan fingerprint density at radius 2 is 1.92 bits per heavy atom. The molecule has 0 spiro atoms. The van der Waals surface area contributed by atoms with Crippen LogP contribution in [0.2, 0.25) is 0 Å². The molecule has 1 rings (SSSR count). The van der Waals surface area contributed by atoms with Crippen LogP contribution in [-0.4, -0.2) is 22.3 Å². The molecule has 0 bridgehead atoms. The molecule has 0 aromatic heterocycles. The van der Waals surface area contributed by atoms with E-state index < -0.39 is 17.5 Å². The van der Waals surface area contributed by atoms with Gasteiger partial charge in [0.25, 0.3) is 0 Å². The predicted molar refractivity (Wildman–Crippen MR) is 49.5 cm³/mol. The van der Waals surface area contributed by atoms with Gasteiger partial charge in [-0.15, -0.1) is 0 Å². The van der Waals surface area contributed by atoms with Crippen LogP contribution in [0.1, 0.15) is 45.4 Å². The molecule has 0 saturated heterocycles. The van der Waals surface area contributed by atoms with Gasteiger partial charge in [0.15, 0.2) is 0 Å². The van der Waals surface area contributed by atoms with Crippen LogP contribution in [0.5, 0.6) is 0 Å². The van der Waals surface area contributed by atoms with Crippen molar-refractivity contribution in [1.82, 2.24) is 0 Å². The number of rotatable bonds is 1. The molecule has 0 amide bonds. The summed E-state index contributed by atoms with van der Waals surface area (Å²) in [5, 5.41) is 18.7. The standard InChI is InChI=1S/C10H18O3/c1-10(9(12)13)7-5-3-2-4-6-8(10)11/h8,11H,2-7H2,1H3,(H,12,13)/t8-,10+/m1/s1. The molecule has 1 aliphatic rings. The van der Waals surface area contributed by atoms with E-state index in [1.807, 2.05) is 0 Å². The van der Waals surface area contributed by atoms with Crippen molar-refractivity contribution in [2.45, 2.75) is 51.6 Å². The van der Waals surface area contributed by atoms with Crippen LogP contribution in [0.3, 0.4) is 0 Å². The van der Waals surface area contributed by atoms with Gasteiger partial charge in [-0.05, 0) is 19.8 Å². The minimum Gasteiger partial charge on any atom is -0.481 e. The summed E-state index contributed by atoms with van der Waals surface area (Å²) in [6.07, 6.45) is 4.63. The molecule has 0 aromatic carbocycles. The van der Waals surface area contributed by atoms with Crippen LogP contribution in [0.4, 0.5) is 0 Å². The molecular formula is C10H18O3. The third kappa shape index (κ3) is 2.21. The zero-order valence-electron chi connectivity index (χ0n) is 8.12. The van der Waals surface area contributed by atoms with E-state index in [9.17, 15) is 9.90 Å². The van der Waals surface area contributed by atoms with Gasteiger partial charge in [0.05, 0.1) is 11.5 Å². The van der Waals surface area contributed by atoms with Gasteiger partial charge in [-0.3, -0.25) is 4.79 Å². The molecule has 1 aliphatic carbocycles. The highest BCUT2D eigenvalue weighted by molar-refractivity contribution is 5.74. The van der Waals surface area contributed by atoms with Crippen molar-refractivity contribution in [2.75, 3.05) is 0 Å². The molecular weight excluding hydrogens is 168 g/mol. The second-order valence-electron chi connectivity index (χ2n) is 4.19. The Hall–Kier alpha value is -0.570. The Bertz CT molecular complexity index is 191. The molecule has 0 aliphatic heterocycles. The fourth-order valence-electron chi connectivity index (χ4n) is 1.92. The lowest BCUT2D eigenvalue weighted by atomic mass is 9.76. The molecule has 1 fully saturated rings. The molecule has 0 heterocycles. The summed E-state index contributed by atoms with van der Waals surface area (Å²) in [5.74, 6) is -0.859. The maximum Gasteiger partial charge on any atom is 0.311 e. The Balaban J connectivity index is 2.71. The van der Waals surface area contributed by atoms with E-state index in [2.05, 4.69) is 0 Å². The SMILES string of the molecule is C[C@]1(C(=O)O)CCCCCC[C@H]1O. The van der Waals surface area contributed by atoms with E-state index in [-0.39, 0.29) is 0 Å². The summed E-state index contributed by atoms with van der Waals surface area (Å²) >= 11 is 0. The van der Waals surface area contributed by atoms with Gasteiger partial charge in [-0.2, -0.15) is 0 Å². The number of aliphatic carboxylic acids is 1. The van der Waals surface area contributed by atoms with Gasteiger partial charge in [0.1, 0.15) is 0 Å². The van der Waals surface area contributed by atoms with Crippen molar-refractivity contribution >= 4 is 5.97 Å². The van der Waals surface area contributed by atoms with Crippen LogP contribution in [0.25, 0.3) is 0 Å². The summed E-state index contributed by atoms with van der Waals surface area (Å²) in [5.41, 5.74) is -0.916. The first-order chi connectivity index (χ1) is 6.07. The van der Waals surface area contributed by atoms with Gasteiger partial charge < -0.3 is 10.2 Å². The number of carboxylic acids is 1. The first-order valence-corrected chi connectivity index (χ1v) is 4.99. The normalized spacial score (nSPS) is 36.3. The Kier molecular flexibility index (Phi) is 3.31. The Labute approximate surface area is 78.8 Å². The highest BCUT2D eigenvalue weighted by Gasteiger charge is 2.40. The first-order valence-electron chi connectivity index (χ1n) is 4.99. The van der Waals surface area contributed by atoms with E-state index >= 15 is 0 Å². The molecule has 3 nitrogen and oxygen atoms in total. The van der Waals surface area contributed by atoms with Crippen LogP contribution in [0, 0.1) is 5.41 Å². The quantitative estimate of drug-likeness (QED) is 0.656. The zero-order valence-corrected chi connectivity index (χ0v) is 8.12. The number of carbonyl (C=O) groups is 1. The maximum atomic E-state index is 11.0. The number of hydrogen-bond acceptors (Lipinski definition) is 2. The minimum atomic E-state index is -0.916. The lowest BCUT2D eigenvalue weighted by Crippen LogP contribution is -2.40. The summed E-state index contributed by atoms with van der Waals surface area (Å²) in [6.45, 7) is 1.66. The van der Waals surface area contributed by atoms with Gasteiger partial charge in [-0.1, -0.05) is 25.7 Å². The smallest absolute Gasteiger partial charge is 0.311 e. The maximum absolute atomic E-state index is 11.0. The average Bonchev–Trinajstić information content (AvgIpc) is 2.07. The van der Waals surface area contributed by atoms with Crippen molar-refractivity contribution < 1.29 is 15.0 Å². The molecule has 76 valence electrons.